The standard InChI is InChI=1S/C19H18N2O4/c1-12-11-14(25-10-9-18(22)23)7-8-17(12)21-13(2)20-16-6-4-3-5-15(16)19(21)24/h3-8,11H,9-10H2,1-2H3,(H,22,23). The zero-order valence-corrected chi connectivity index (χ0v) is 14.0. The Morgan fingerprint density at radius 2 is 1.96 bits per heavy atom. The van der Waals surface area contributed by atoms with E-state index in [0.717, 1.165) is 11.3 Å². The molecule has 0 spiro atoms. The van der Waals surface area contributed by atoms with Gasteiger partial charge in [-0.15, -0.1) is 0 Å². The molecule has 0 bridgehead atoms. The molecule has 1 aromatic heterocycles. The van der Waals surface area contributed by atoms with Crippen molar-refractivity contribution in [2.45, 2.75) is 20.3 Å². The molecule has 0 saturated heterocycles. The Morgan fingerprint density at radius 1 is 1.20 bits per heavy atom. The minimum absolute atomic E-state index is 0.0615. The molecule has 2 aromatic carbocycles. The van der Waals surface area contributed by atoms with E-state index in [1.54, 1.807) is 35.8 Å². The lowest BCUT2D eigenvalue weighted by atomic mass is 10.1. The Morgan fingerprint density at radius 3 is 2.68 bits per heavy atom. The molecule has 128 valence electrons. The maximum Gasteiger partial charge on any atom is 0.306 e. The van der Waals surface area contributed by atoms with Crippen LogP contribution in [0.2, 0.25) is 0 Å². The second-order valence-electron chi connectivity index (χ2n) is 5.76. The number of hydrogen-bond acceptors (Lipinski definition) is 4. The van der Waals surface area contributed by atoms with E-state index in [9.17, 15) is 9.59 Å². The lowest BCUT2D eigenvalue weighted by molar-refractivity contribution is -0.137. The summed E-state index contributed by atoms with van der Waals surface area (Å²) in [6, 6.07) is 12.6. The van der Waals surface area contributed by atoms with E-state index in [0.29, 0.717) is 22.5 Å². The summed E-state index contributed by atoms with van der Waals surface area (Å²) in [6.07, 6.45) is -0.0615. The molecule has 0 fully saturated rings. The summed E-state index contributed by atoms with van der Waals surface area (Å²) in [7, 11) is 0. The minimum atomic E-state index is -0.905. The van der Waals surface area contributed by atoms with Gasteiger partial charge in [0.25, 0.3) is 5.56 Å². The lowest BCUT2D eigenvalue weighted by Crippen LogP contribution is -2.23. The van der Waals surface area contributed by atoms with Crippen LogP contribution in [0, 0.1) is 13.8 Å². The first-order chi connectivity index (χ1) is 12.0. The lowest BCUT2D eigenvalue weighted by Gasteiger charge is -2.14. The van der Waals surface area contributed by atoms with Gasteiger partial charge in [-0.05, 0) is 49.7 Å². The monoisotopic (exact) mass is 338 g/mol. The summed E-state index contributed by atoms with van der Waals surface area (Å²) < 4.78 is 7.02. The highest BCUT2D eigenvalue weighted by molar-refractivity contribution is 5.77. The molecule has 1 heterocycles. The maximum atomic E-state index is 12.9. The summed E-state index contributed by atoms with van der Waals surface area (Å²) in [6.45, 7) is 3.77. The van der Waals surface area contributed by atoms with Crippen molar-refractivity contribution < 1.29 is 14.6 Å². The first-order valence-electron chi connectivity index (χ1n) is 7.91. The molecule has 6 nitrogen and oxygen atoms in total. The van der Waals surface area contributed by atoms with E-state index >= 15 is 0 Å². The van der Waals surface area contributed by atoms with E-state index in [2.05, 4.69) is 4.98 Å². The minimum Gasteiger partial charge on any atom is -0.493 e. The summed E-state index contributed by atoms with van der Waals surface area (Å²) in [4.78, 5) is 27.9. The molecule has 0 aliphatic rings. The van der Waals surface area contributed by atoms with Gasteiger partial charge in [-0.25, -0.2) is 4.98 Å². The number of benzene rings is 2. The van der Waals surface area contributed by atoms with Crippen molar-refractivity contribution in [1.29, 1.82) is 0 Å². The van der Waals surface area contributed by atoms with Crippen LogP contribution < -0.4 is 10.3 Å². The fraction of sp³-hybridized carbons (Fsp3) is 0.211. The van der Waals surface area contributed by atoms with Crippen LogP contribution in [0.3, 0.4) is 0 Å². The van der Waals surface area contributed by atoms with Crippen LogP contribution in [0.5, 0.6) is 5.75 Å². The maximum absolute atomic E-state index is 12.9. The number of aliphatic carboxylic acids is 1. The molecule has 6 heteroatoms. The summed E-state index contributed by atoms with van der Waals surface area (Å²) >= 11 is 0. The van der Waals surface area contributed by atoms with Crippen LogP contribution in [0.4, 0.5) is 0 Å². The predicted molar refractivity (Wildman–Crippen MR) is 94.6 cm³/mol. The number of hydrogen-bond donors (Lipinski definition) is 1. The Labute approximate surface area is 144 Å². The smallest absolute Gasteiger partial charge is 0.306 e. The number of aryl methyl sites for hydroxylation is 2. The van der Waals surface area contributed by atoms with Gasteiger partial charge in [0.1, 0.15) is 11.6 Å². The Hall–Kier alpha value is -3.15. The van der Waals surface area contributed by atoms with E-state index in [-0.39, 0.29) is 18.6 Å². The molecule has 1 N–H and O–H groups in total. The van der Waals surface area contributed by atoms with Crippen LogP contribution in [0.25, 0.3) is 16.6 Å². The van der Waals surface area contributed by atoms with Crippen LogP contribution in [-0.2, 0) is 4.79 Å². The third-order valence-electron chi connectivity index (χ3n) is 3.94. The third-order valence-corrected chi connectivity index (χ3v) is 3.94. The van der Waals surface area contributed by atoms with Gasteiger partial charge in [-0.1, -0.05) is 12.1 Å². The molecule has 0 saturated carbocycles. The molecule has 0 amide bonds. The van der Waals surface area contributed by atoms with E-state index < -0.39 is 5.97 Å². The average molecular weight is 338 g/mol. The fourth-order valence-electron chi connectivity index (χ4n) is 2.75. The van der Waals surface area contributed by atoms with Crippen molar-refractivity contribution in [2.24, 2.45) is 0 Å². The van der Waals surface area contributed by atoms with Crippen molar-refractivity contribution in [3.8, 4) is 11.4 Å². The Kier molecular flexibility index (Phi) is 4.52. The number of rotatable bonds is 5. The second-order valence-corrected chi connectivity index (χ2v) is 5.76. The number of ether oxygens (including phenoxy) is 1. The summed E-state index contributed by atoms with van der Waals surface area (Å²) in [5.41, 5.74) is 2.12. The van der Waals surface area contributed by atoms with Crippen molar-refractivity contribution in [3.63, 3.8) is 0 Å². The first-order valence-corrected chi connectivity index (χ1v) is 7.91. The van der Waals surface area contributed by atoms with Gasteiger partial charge in [-0.2, -0.15) is 0 Å². The number of carbonyl (C=O) groups is 1. The molecule has 25 heavy (non-hydrogen) atoms. The molecule has 3 rings (SSSR count). The number of fused-ring (bicyclic) bond motifs is 1. The van der Waals surface area contributed by atoms with Crippen molar-refractivity contribution in [1.82, 2.24) is 9.55 Å². The molecule has 0 radical (unpaired) electrons. The van der Waals surface area contributed by atoms with Crippen LogP contribution >= 0.6 is 0 Å². The topological polar surface area (TPSA) is 81.4 Å². The van der Waals surface area contributed by atoms with Crippen molar-refractivity contribution >= 4 is 16.9 Å². The van der Waals surface area contributed by atoms with E-state index in [1.165, 1.54) is 0 Å². The molecule has 0 atom stereocenters. The largest absolute Gasteiger partial charge is 0.493 e. The molecular formula is C19H18N2O4. The highest BCUT2D eigenvalue weighted by atomic mass is 16.5. The van der Waals surface area contributed by atoms with Crippen LogP contribution in [0.1, 0.15) is 17.8 Å². The zero-order valence-electron chi connectivity index (χ0n) is 14.0. The predicted octanol–water partition coefficient (Wildman–Crippen LogP) is 2.86. The quantitative estimate of drug-likeness (QED) is 0.773. The van der Waals surface area contributed by atoms with Crippen molar-refractivity contribution in [2.75, 3.05) is 6.61 Å². The number of nitrogens with zero attached hydrogens (tertiary/aromatic N) is 2. The van der Waals surface area contributed by atoms with Gasteiger partial charge in [0.15, 0.2) is 0 Å². The molecule has 0 aliphatic carbocycles. The van der Waals surface area contributed by atoms with Crippen LogP contribution in [-0.4, -0.2) is 27.2 Å². The van der Waals surface area contributed by atoms with Gasteiger partial charge in [-0.3, -0.25) is 14.2 Å². The zero-order chi connectivity index (χ0) is 18.0. The first kappa shape index (κ1) is 16.7. The highest BCUT2D eigenvalue weighted by Gasteiger charge is 2.12. The number of carboxylic acids is 1. The van der Waals surface area contributed by atoms with Gasteiger partial charge in [0.05, 0.1) is 29.6 Å². The second kappa shape index (κ2) is 6.76. The highest BCUT2D eigenvalue weighted by Crippen LogP contribution is 2.21. The normalized spacial score (nSPS) is 10.8. The van der Waals surface area contributed by atoms with Gasteiger partial charge in [0, 0.05) is 0 Å². The molecular weight excluding hydrogens is 320 g/mol. The van der Waals surface area contributed by atoms with Crippen LogP contribution in [0.15, 0.2) is 47.3 Å². The number of para-hydroxylation sites is 1. The Balaban J connectivity index is 2.01. The van der Waals surface area contributed by atoms with E-state index in [4.69, 9.17) is 9.84 Å². The third kappa shape index (κ3) is 3.38. The molecule has 3 aromatic rings. The van der Waals surface area contributed by atoms with Gasteiger partial charge in [0.2, 0.25) is 0 Å². The SMILES string of the molecule is Cc1cc(OCCC(=O)O)ccc1-n1c(C)nc2ccccc2c1=O. The summed E-state index contributed by atoms with van der Waals surface area (Å²) in [5, 5.41) is 9.23. The van der Waals surface area contributed by atoms with E-state index in [1.807, 2.05) is 25.1 Å². The average Bonchev–Trinajstić information content (AvgIpc) is 2.56. The summed E-state index contributed by atoms with van der Waals surface area (Å²) in [5.74, 6) is 0.269. The van der Waals surface area contributed by atoms with Gasteiger partial charge >= 0.3 is 5.97 Å². The molecule has 0 unspecified atom stereocenters. The van der Waals surface area contributed by atoms with Crippen molar-refractivity contribution in [3.05, 3.63) is 64.2 Å². The fourth-order valence-corrected chi connectivity index (χ4v) is 2.75. The number of carboxylic acid groups (broad SMARTS) is 1. The Bertz CT molecular complexity index is 1010. The number of aromatic nitrogens is 2. The van der Waals surface area contributed by atoms with Gasteiger partial charge < -0.3 is 9.84 Å². The molecule has 0 aliphatic heterocycles.